The number of imidazole rings is 1. The molecule has 220 valence electrons. The number of nitrogens with zero attached hydrogens (tertiary/aromatic N) is 4. The van der Waals surface area contributed by atoms with Crippen LogP contribution in [0.15, 0.2) is 36.7 Å². The summed E-state index contributed by atoms with van der Waals surface area (Å²) in [5, 5.41) is 5.74. The number of aromatic nitrogens is 2. The predicted molar refractivity (Wildman–Crippen MR) is 153 cm³/mol. The fourth-order valence-electron chi connectivity index (χ4n) is 5.09. The normalized spacial score (nSPS) is 21.6. The van der Waals surface area contributed by atoms with Crippen LogP contribution in [0.25, 0.3) is 11.4 Å². The maximum Gasteiger partial charge on any atom is 0.282 e. The van der Waals surface area contributed by atoms with Gasteiger partial charge in [0.1, 0.15) is 17.6 Å². The second kappa shape index (κ2) is 13.6. The molecule has 2 amide bonds. The number of fused-ring (bicyclic) bond motifs is 4. The van der Waals surface area contributed by atoms with E-state index < -0.39 is 22.2 Å². The number of ether oxygens (including phenoxy) is 1. The second-order valence-corrected chi connectivity index (χ2v) is 13.1. The lowest BCUT2D eigenvalue weighted by molar-refractivity contribution is -0.129. The highest BCUT2D eigenvalue weighted by molar-refractivity contribution is 7.86. The number of amides is 2. The highest BCUT2D eigenvalue weighted by Crippen LogP contribution is 2.24. The molecule has 40 heavy (non-hydrogen) atoms. The number of piperidine rings is 1. The first-order chi connectivity index (χ1) is 19.1. The highest BCUT2D eigenvalue weighted by atomic mass is 32.2. The molecule has 0 spiro atoms. The summed E-state index contributed by atoms with van der Waals surface area (Å²) in [6.45, 7) is 7.81. The van der Waals surface area contributed by atoms with Crippen LogP contribution >= 0.6 is 0 Å². The molecule has 1 saturated heterocycles. The van der Waals surface area contributed by atoms with E-state index in [-0.39, 0.29) is 31.5 Å². The Labute approximate surface area is 237 Å². The van der Waals surface area contributed by atoms with Crippen LogP contribution in [0, 0.1) is 11.8 Å². The monoisotopic (exact) mass is 574 g/mol. The zero-order chi connectivity index (χ0) is 28.7. The molecule has 1 aromatic carbocycles. The Morgan fingerprint density at radius 2 is 1.88 bits per heavy atom. The largest absolute Gasteiger partial charge is 0.494 e. The van der Waals surface area contributed by atoms with Crippen molar-refractivity contribution in [3.05, 3.63) is 36.7 Å². The van der Waals surface area contributed by atoms with E-state index in [1.54, 1.807) is 6.20 Å². The zero-order valence-electron chi connectivity index (χ0n) is 23.7. The molecule has 0 aliphatic carbocycles. The lowest BCUT2D eigenvalue weighted by Crippen LogP contribution is -2.53. The fraction of sp³-hybridized carbons (Fsp3) is 0.607. The molecule has 4 rings (SSSR count). The molecular formula is C28H42N6O5S. The Bertz CT molecular complexity index is 1260. The summed E-state index contributed by atoms with van der Waals surface area (Å²) in [5.41, 5.74) is 0.878. The van der Waals surface area contributed by atoms with E-state index in [1.807, 2.05) is 48.9 Å². The van der Waals surface area contributed by atoms with Gasteiger partial charge in [-0.05, 0) is 49.7 Å². The van der Waals surface area contributed by atoms with Gasteiger partial charge < -0.3 is 19.9 Å². The number of rotatable bonds is 4. The van der Waals surface area contributed by atoms with Gasteiger partial charge in [0.25, 0.3) is 10.2 Å². The van der Waals surface area contributed by atoms with Crippen LogP contribution in [-0.2, 0) is 26.3 Å². The molecular weight excluding hydrogens is 532 g/mol. The first kappa shape index (κ1) is 30.0. The van der Waals surface area contributed by atoms with Crippen molar-refractivity contribution in [2.75, 3.05) is 39.3 Å². The SMILES string of the molecule is CC(C)C[C@H]1NC(=O)CN(S(=O)(=O)N2CCC(C)CC2)CCCOc2cccc(c2)-c2nccn2CCNC1=O. The van der Waals surface area contributed by atoms with Crippen LogP contribution in [0.3, 0.4) is 0 Å². The summed E-state index contributed by atoms with van der Waals surface area (Å²) in [4.78, 5) is 30.8. The van der Waals surface area contributed by atoms with Gasteiger partial charge in [0, 0.05) is 50.7 Å². The van der Waals surface area contributed by atoms with Gasteiger partial charge in [-0.2, -0.15) is 17.0 Å². The number of carbonyl (C=O) groups excluding carboxylic acids is 2. The van der Waals surface area contributed by atoms with Crippen LogP contribution in [0.4, 0.5) is 0 Å². The van der Waals surface area contributed by atoms with Gasteiger partial charge in [-0.25, -0.2) is 4.98 Å². The molecule has 1 fully saturated rings. The lowest BCUT2D eigenvalue weighted by Gasteiger charge is -2.34. The second-order valence-electron chi connectivity index (χ2n) is 11.1. The topological polar surface area (TPSA) is 126 Å². The Morgan fingerprint density at radius 1 is 1.10 bits per heavy atom. The van der Waals surface area contributed by atoms with Crippen LogP contribution in [-0.4, -0.2) is 83.8 Å². The quantitative estimate of drug-likeness (QED) is 0.577. The number of nitrogens with one attached hydrogen (secondary N) is 2. The van der Waals surface area contributed by atoms with Crippen molar-refractivity contribution in [2.24, 2.45) is 11.8 Å². The highest BCUT2D eigenvalue weighted by Gasteiger charge is 2.34. The van der Waals surface area contributed by atoms with Crippen molar-refractivity contribution in [1.82, 2.24) is 28.8 Å². The number of hydrogen-bond acceptors (Lipinski definition) is 6. The minimum absolute atomic E-state index is 0.118. The van der Waals surface area contributed by atoms with Gasteiger partial charge in [0.05, 0.1) is 13.2 Å². The standard InChI is InChI=1S/C28H42N6O5S/c1-21(2)18-25-28(36)30-11-16-32-15-10-29-27(32)23-6-4-7-24(19-23)39-17-5-12-34(20-26(35)31-25)40(37,38)33-13-8-22(3)9-14-33/h4,6-7,10,15,19,21-22,25H,5,8-9,11-14,16-18,20H2,1-3H3,(H,30,36)(H,31,35)/t25-/m1/s1. The summed E-state index contributed by atoms with van der Waals surface area (Å²) in [6, 6.07) is 6.81. The van der Waals surface area contributed by atoms with Crippen LogP contribution in [0.5, 0.6) is 5.75 Å². The minimum atomic E-state index is -3.87. The molecule has 0 radical (unpaired) electrons. The van der Waals surface area contributed by atoms with E-state index in [4.69, 9.17) is 4.74 Å². The van der Waals surface area contributed by atoms with Crippen molar-refractivity contribution in [3.8, 4) is 17.1 Å². The van der Waals surface area contributed by atoms with E-state index in [9.17, 15) is 18.0 Å². The van der Waals surface area contributed by atoms with E-state index >= 15 is 0 Å². The molecule has 1 atom stereocenters. The molecule has 3 heterocycles. The van der Waals surface area contributed by atoms with Gasteiger partial charge in [0.2, 0.25) is 11.8 Å². The maximum absolute atomic E-state index is 13.6. The number of hydrogen-bond donors (Lipinski definition) is 2. The average Bonchev–Trinajstić information content (AvgIpc) is 3.38. The van der Waals surface area contributed by atoms with Crippen molar-refractivity contribution in [3.63, 3.8) is 0 Å². The Hall–Kier alpha value is -2.96. The summed E-state index contributed by atoms with van der Waals surface area (Å²) in [7, 11) is -3.87. The van der Waals surface area contributed by atoms with Gasteiger partial charge in [-0.15, -0.1) is 0 Å². The minimum Gasteiger partial charge on any atom is -0.494 e. The van der Waals surface area contributed by atoms with E-state index in [0.29, 0.717) is 50.7 Å². The van der Waals surface area contributed by atoms with Gasteiger partial charge in [-0.1, -0.05) is 32.9 Å². The molecule has 0 unspecified atom stereocenters. The third-order valence-electron chi connectivity index (χ3n) is 7.35. The van der Waals surface area contributed by atoms with Gasteiger partial charge >= 0.3 is 0 Å². The smallest absolute Gasteiger partial charge is 0.282 e. The first-order valence-electron chi connectivity index (χ1n) is 14.2. The predicted octanol–water partition coefficient (Wildman–Crippen LogP) is 2.26. The molecule has 2 bridgehead atoms. The fourth-order valence-corrected chi connectivity index (χ4v) is 6.73. The lowest BCUT2D eigenvalue weighted by atomic mass is 10.0. The molecule has 2 aliphatic rings. The molecule has 11 nitrogen and oxygen atoms in total. The molecule has 2 N–H and O–H groups in total. The number of benzene rings is 1. The summed E-state index contributed by atoms with van der Waals surface area (Å²) < 4.78 is 37.9. The van der Waals surface area contributed by atoms with Crippen LogP contribution in [0.1, 0.15) is 46.5 Å². The summed E-state index contributed by atoms with van der Waals surface area (Å²) in [5.74, 6) is 1.22. The zero-order valence-corrected chi connectivity index (χ0v) is 24.5. The van der Waals surface area contributed by atoms with Gasteiger partial charge in [-0.3, -0.25) is 9.59 Å². The summed E-state index contributed by atoms with van der Waals surface area (Å²) >= 11 is 0. The van der Waals surface area contributed by atoms with Gasteiger partial charge in [0.15, 0.2) is 0 Å². The van der Waals surface area contributed by atoms with Crippen molar-refractivity contribution in [1.29, 1.82) is 0 Å². The molecule has 2 aliphatic heterocycles. The van der Waals surface area contributed by atoms with Crippen molar-refractivity contribution >= 4 is 22.0 Å². The van der Waals surface area contributed by atoms with Crippen molar-refractivity contribution < 1.29 is 22.7 Å². The first-order valence-corrected chi connectivity index (χ1v) is 15.6. The third kappa shape index (κ3) is 7.82. The molecule has 0 saturated carbocycles. The van der Waals surface area contributed by atoms with Crippen molar-refractivity contribution in [2.45, 2.75) is 59.0 Å². The number of carbonyl (C=O) groups is 2. The average molecular weight is 575 g/mol. The molecule has 2 aromatic rings. The molecule has 1 aromatic heterocycles. The third-order valence-corrected chi connectivity index (χ3v) is 9.34. The Morgan fingerprint density at radius 3 is 2.62 bits per heavy atom. The summed E-state index contributed by atoms with van der Waals surface area (Å²) in [6.07, 6.45) is 5.98. The van der Waals surface area contributed by atoms with E-state index in [2.05, 4.69) is 22.5 Å². The Balaban J connectivity index is 1.58. The van der Waals surface area contributed by atoms with E-state index in [1.165, 1.54) is 8.61 Å². The van der Waals surface area contributed by atoms with Crippen LogP contribution < -0.4 is 15.4 Å². The molecule has 12 heteroatoms. The Kier molecular flexibility index (Phi) is 10.2. The van der Waals surface area contributed by atoms with E-state index in [0.717, 1.165) is 24.2 Å². The maximum atomic E-state index is 13.6. The van der Waals surface area contributed by atoms with Crippen LogP contribution in [0.2, 0.25) is 0 Å².